The fourth-order valence-corrected chi connectivity index (χ4v) is 2.68. The number of nitrogens with zero attached hydrogens (tertiary/aromatic N) is 1. The first-order valence-corrected chi connectivity index (χ1v) is 7.27. The molecule has 0 spiro atoms. The van der Waals surface area contributed by atoms with Gasteiger partial charge in [0.1, 0.15) is 0 Å². The zero-order chi connectivity index (χ0) is 13.7. The van der Waals surface area contributed by atoms with Crippen molar-refractivity contribution in [3.63, 3.8) is 0 Å². The van der Waals surface area contributed by atoms with Gasteiger partial charge < -0.3 is 9.84 Å². The van der Waals surface area contributed by atoms with E-state index in [1.807, 2.05) is 12.1 Å². The Morgan fingerprint density at radius 1 is 1.42 bits per heavy atom. The highest BCUT2D eigenvalue weighted by Gasteiger charge is 2.26. The average Bonchev–Trinajstić information content (AvgIpc) is 2.42. The molecule has 1 N–H and O–H groups in total. The van der Waals surface area contributed by atoms with Crippen molar-refractivity contribution >= 4 is 0 Å². The van der Waals surface area contributed by atoms with Gasteiger partial charge in [-0.3, -0.25) is 4.90 Å². The van der Waals surface area contributed by atoms with Crippen LogP contribution in [-0.2, 0) is 11.2 Å². The molecular weight excluding hydrogens is 238 g/mol. The number of benzene rings is 1. The molecule has 2 unspecified atom stereocenters. The number of aliphatic hydroxyl groups excluding tert-OH is 1. The standard InChI is InChI=1S/C16H25NO2/c1-3-8-17-9-10-19-16(12-17)15(18)11-14-7-5-4-6-13(14)2/h4-7,15-16,18H,3,8-12H2,1-2H3. The van der Waals surface area contributed by atoms with Crippen molar-refractivity contribution < 1.29 is 9.84 Å². The average molecular weight is 263 g/mol. The van der Waals surface area contributed by atoms with Gasteiger partial charge in [-0.05, 0) is 31.0 Å². The molecule has 1 fully saturated rings. The molecule has 0 aromatic heterocycles. The summed E-state index contributed by atoms with van der Waals surface area (Å²) in [5, 5.41) is 10.4. The van der Waals surface area contributed by atoms with Gasteiger partial charge >= 0.3 is 0 Å². The van der Waals surface area contributed by atoms with Gasteiger partial charge in [-0.2, -0.15) is 0 Å². The Hall–Kier alpha value is -0.900. The van der Waals surface area contributed by atoms with Crippen LogP contribution in [0.15, 0.2) is 24.3 Å². The van der Waals surface area contributed by atoms with E-state index in [4.69, 9.17) is 4.74 Å². The molecule has 0 radical (unpaired) electrons. The van der Waals surface area contributed by atoms with Crippen LogP contribution >= 0.6 is 0 Å². The Labute approximate surface area is 116 Å². The van der Waals surface area contributed by atoms with Gasteiger partial charge in [0.25, 0.3) is 0 Å². The van der Waals surface area contributed by atoms with E-state index in [1.54, 1.807) is 0 Å². The van der Waals surface area contributed by atoms with Crippen LogP contribution in [0.25, 0.3) is 0 Å². The van der Waals surface area contributed by atoms with Crippen LogP contribution < -0.4 is 0 Å². The molecule has 1 aromatic carbocycles. The summed E-state index contributed by atoms with van der Waals surface area (Å²) in [6, 6.07) is 8.24. The van der Waals surface area contributed by atoms with Crippen molar-refractivity contribution in [3.05, 3.63) is 35.4 Å². The Kier molecular flexibility index (Phi) is 5.37. The second-order valence-electron chi connectivity index (χ2n) is 5.41. The molecule has 106 valence electrons. The maximum absolute atomic E-state index is 10.4. The Morgan fingerprint density at radius 2 is 2.21 bits per heavy atom. The number of hydrogen-bond donors (Lipinski definition) is 1. The van der Waals surface area contributed by atoms with Crippen LogP contribution in [0, 0.1) is 6.92 Å². The van der Waals surface area contributed by atoms with E-state index in [0.29, 0.717) is 6.42 Å². The first kappa shape index (κ1) is 14.5. The lowest BCUT2D eigenvalue weighted by Gasteiger charge is -2.35. The molecule has 0 amide bonds. The van der Waals surface area contributed by atoms with Crippen LogP contribution in [0.3, 0.4) is 0 Å². The van der Waals surface area contributed by atoms with E-state index in [0.717, 1.165) is 32.7 Å². The predicted octanol–water partition coefficient (Wildman–Crippen LogP) is 2.01. The fraction of sp³-hybridized carbons (Fsp3) is 0.625. The van der Waals surface area contributed by atoms with Crippen LogP contribution in [0.4, 0.5) is 0 Å². The molecule has 1 aliphatic rings. The van der Waals surface area contributed by atoms with Crippen molar-refractivity contribution in [3.8, 4) is 0 Å². The van der Waals surface area contributed by atoms with Crippen LogP contribution in [0.5, 0.6) is 0 Å². The number of hydrogen-bond acceptors (Lipinski definition) is 3. The third kappa shape index (κ3) is 4.03. The molecule has 0 saturated carbocycles. The molecular formula is C16H25NO2. The molecule has 1 aromatic rings. The summed E-state index contributed by atoms with van der Waals surface area (Å²) in [6.07, 6.45) is 1.36. The fourth-order valence-electron chi connectivity index (χ4n) is 2.68. The number of ether oxygens (including phenoxy) is 1. The quantitative estimate of drug-likeness (QED) is 0.882. The Morgan fingerprint density at radius 3 is 2.95 bits per heavy atom. The lowest BCUT2D eigenvalue weighted by atomic mass is 9.99. The minimum Gasteiger partial charge on any atom is -0.390 e. The Balaban J connectivity index is 1.92. The number of aliphatic hydroxyl groups is 1. The van der Waals surface area contributed by atoms with Crippen LogP contribution in [0.2, 0.25) is 0 Å². The van der Waals surface area contributed by atoms with E-state index in [9.17, 15) is 5.11 Å². The molecule has 0 aliphatic carbocycles. The zero-order valence-electron chi connectivity index (χ0n) is 12.0. The van der Waals surface area contributed by atoms with E-state index in [2.05, 4.69) is 30.9 Å². The topological polar surface area (TPSA) is 32.7 Å². The van der Waals surface area contributed by atoms with E-state index in [1.165, 1.54) is 11.1 Å². The van der Waals surface area contributed by atoms with E-state index >= 15 is 0 Å². The van der Waals surface area contributed by atoms with Gasteiger partial charge in [-0.1, -0.05) is 31.2 Å². The molecule has 3 heteroatoms. The van der Waals surface area contributed by atoms with Crippen molar-refractivity contribution in [2.45, 2.75) is 38.9 Å². The molecule has 19 heavy (non-hydrogen) atoms. The first-order valence-electron chi connectivity index (χ1n) is 7.27. The third-order valence-corrected chi connectivity index (χ3v) is 3.84. The molecule has 2 atom stereocenters. The zero-order valence-corrected chi connectivity index (χ0v) is 12.0. The molecule has 3 nitrogen and oxygen atoms in total. The summed E-state index contributed by atoms with van der Waals surface area (Å²) in [7, 11) is 0. The maximum atomic E-state index is 10.4. The van der Waals surface area contributed by atoms with Crippen LogP contribution in [0.1, 0.15) is 24.5 Å². The summed E-state index contributed by atoms with van der Waals surface area (Å²) in [4.78, 5) is 2.38. The third-order valence-electron chi connectivity index (χ3n) is 3.84. The second kappa shape index (κ2) is 7.04. The largest absolute Gasteiger partial charge is 0.390 e. The number of morpholine rings is 1. The smallest absolute Gasteiger partial charge is 0.0964 e. The lowest BCUT2D eigenvalue weighted by molar-refractivity contribution is -0.0877. The second-order valence-corrected chi connectivity index (χ2v) is 5.41. The normalized spacial score (nSPS) is 22.4. The molecule has 1 saturated heterocycles. The molecule has 2 rings (SSSR count). The summed E-state index contributed by atoms with van der Waals surface area (Å²) >= 11 is 0. The van der Waals surface area contributed by atoms with Gasteiger partial charge in [0.15, 0.2) is 0 Å². The number of aryl methyl sites for hydroxylation is 1. The maximum Gasteiger partial charge on any atom is 0.0964 e. The highest BCUT2D eigenvalue weighted by Crippen LogP contribution is 2.16. The van der Waals surface area contributed by atoms with Crippen molar-refractivity contribution in [2.75, 3.05) is 26.2 Å². The highest BCUT2D eigenvalue weighted by atomic mass is 16.5. The van der Waals surface area contributed by atoms with Crippen molar-refractivity contribution in [1.82, 2.24) is 4.90 Å². The van der Waals surface area contributed by atoms with Gasteiger partial charge in [0, 0.05) is 19.5 Å². The van der Waals surface area contributed by atoms with E-state index in [-0.39, 0.29) is 6.10 Å². The van der Waals surface area contributed by atoms with Gasteiger partial charge in [0.2, 0.25) is 0 Å². The van der Waals surface area contributed by atoms with Crippen LogP contribution in [-0.4, -0.2) is 48.5 Å². The molecule has 0 bridgehead atoms. The van der Waals surface area contributed by atoms with Gasteiger partial charge in [0.05, 0.1) is 18.8 Å². The minimum atomic E-state index is -0.416. The molecule has 1 heterocycles. The van der Waals surface area contributed by atoms with Gasteiger partial charge in [-0.15, -0.1) is 0 Å². The minimum absolute atomic E-state index is 0.0556. The SMILES string of the molecule is CCCN1CCOC(C(O)Cc2ccccc2C)C1. The summed E-state index contributed by atoms with van der Waals surface area (Å²) in [5.74, 6) is 0. The highest BCUT2D eigenvalue weighted by molar-refractivity contribution is 5.26. The lowest BCUT2D eigenvalue weighted by Crippen LogP contribution is -2.48. The summed E-state index contributed by atoms with van der Waals surface area (Å²) < 4.78 is 5.74. The monoisotopic (exact) mass is 263 g/mol. The Bertz CT molecular complexity index is 392. The predicted molar refractivity (Wildman–Crippen MR) is 77.4 cm³/mol. The van der Waals surface area contributed by atoms with E-state index < -0.39 is 6.10 Å². The van der Waals surface area contributed by atoms with Gasteiger partial charge in [-0.25, -0.2) is 0 Å². The number of rotatable bonds is 5. The first-order chi connectivity index (χ1) is 9.20. The summed E-state index contributed by atoms with van der Waals surface area (Å²) in [5.41, 5.74) is 2.45. The van der Waals surface area contributed by atoms with Crippen molar-refractivity contribution in [1.29, 1.82) is 0 Å². The molecule has 1 aliphatic heterocycles. The van der Waals surface area contributed by atoms with Crippen molar-refractivity contribution in [2.24, 2.45) is 0 Å². The summed E-state index contributed by atoms with van der Waals surface area (Å²) in [6.45, 7) is 7.94.